The van der Waals surface area contributed by atoms with E-state index in [1.54, 1.807) is 0 Å². The van der Waals surface area contributed by atoms with Crippen molar-refractivity contribution in [3.05, 3.63) is 69.1 Å². The van der Waals surface area contributed by atoms with E-state index in [1.807, 2.05) is 30.3 Å². The summed E-state index contributed by atoms with van der Waals surface area (Å²) in [5.74, 6) is 1.04. The summed E-state index contributed by atoms with van der Waals surface area (Å²) in [6, 6.07) is 16.3. The van der Waals surface area contributed by atoms with Gasteiger partial charge in [-0.05, 0) is 71.2 Å². The lowest BCUT2D eigenvalue weighted by Crippen LogP contribution is -1.88. The largest absolute Gasteiger partial charge is 0.416 e. The zero-order valence-corrected chi connectivity index (χ0v) is 15.7. The van der Waals surface area contributed by atoms with Gasteiger partial charge >= 0.3 is 0 Å². The smallest absolute Gasteiger partial charge is 0.248 e. The lowest BCUT2D eigenvalue weighted by molar-refractivity contribution is 0.549. The van der Waals surface area contributed by atoms with E-state index in [-0.39, 0.29) is 0 Å². The second-order valence-corrected chi connectivity index (χ2v) is 7.35. The van der Waals surface area contributed by atoms with Gasteiger partial charge in [0.25, 0.3) is 0 Å². The average molecular weight is 449 g/mol. The van der Waals surface area contributed by atoms with Crippen molar-refractivity contribution in [2.75, 3.05) is 0 Å². The van der Waals surface area contributed by atoms with Gasteiger partial charge in [-0.3, -0.25) is 0 Å². The van der Waals surface area contributed by atoms with Crippen molar-refractivity contribution in [2.24, 2.45) is 0 Å². The Morgan fingerprint density at radius 1 is 0.958 bits per heavy atom. The maximum Gasteiger partial charge on any atom is 0.248 e. The van der Waals surface area contributed by atoms with E-state index >= 15 is 0 Å². The molecule has 3 aromatic rings. The standard InChI is InChI=1S/C19H14ClIN2O/c20-17-15-9-2-1-5-12(15)6-4-10-16(17)19-23-22-18(24-19)13-7-3-8-14(21)11-13/h1-3,5,7-9,11H,4,6,10H2. The molecule has 0 aliphatic heterocycles. The molecule has 1 aliphatic rings. The van der Waals surface area contributed by atoms with E-state index in [9.17, 15) is 0 Å². The van der Waals surface area contributed by atoms with Crippen LogP contribution < -0.4 is 0 Å². The van der Waals surface area contributed by atoms with Crippen LogP contribution in [0.15, 0.2) is 52.9 Å². The van der Waals surface area contributed by atoms with E-state index in [0.29, 0.717) is 11.8 Å². The molecule has 0 atom stereocenters. The molecule has 0 bridgehead atoms. The van der Waals surface area contributed by atoms with Crippen LogP contribution in [-0.4, -0.2) is 10.2 Å². The number of hydrogen-bond acceptors (Lipinski definition) is 3. The Kier molecular flexibility index (Phi) is 4.41. The minimum absolute atomic E-state index is 0.519. The van der Waals surface area contributed by atoms with Gasteiger partial charge in [-0.15, -0.1) is 10.2 Å². The molecule has 0 saturated heterocycles. The van der Waals surface area contributed by atoms with Gasteiger partial charge in [0.15, 0.2) is 0 Å². The predicted octanol–water partition coefficient (Wildman–Crippen LogP) is 5.78. The third-order valence-electron chi connectivity index (χ3n) is 4.15. The number of rotatable bonds is 2. The van der Waals surface area contributed by atoms with Crippen molar-refractivity contribution < 1.29 is 4.42 Å². The highest BCUT2D eigenvalue weighted by Crippen LogP contribution is 2.38. The molecule has 0 amide bonds. The summed E-state index contributed by atoms with van der Waals surface area (Å²) >= 11 is 8.95. The lowest BCUT2D eigenvalue weighted by Gasteiger charge is -2.06. The first-order chi connectivity index (χ1) is 11.7. The summed E-state index contributed by atoms with van der Waals surface area (Å²) in [7, 11) is 0. The third-order valence-corrected chi connectivity index (χ3v) is 5.25. The van der Waals surface area contributed by atoms with Crippen molar-refractivity contribution in [3.8, 4) is 11.5 Å². The van der Waals surface area contributed by atoms with E-state index < -0.39 is 0 Å². The van der Waals surface area contributed by atoms with Crippen LogP contribution in [0.1, 0.15) is 29.9 Å². The Morgan fingerprint density at radius 2 is 1.79 bits per heavy atom. The zero-order chi connectivity index (χ0) is 16.5. The summed E-state index contributed by atoms with van der Waals surface area (Å²) in [4.78, 5) is 0. The highest BCUT2D eigenvalue weighted by Gasteiger charge is 2.21. The highest BCUT2D eigenvalue weighted by molar-refractivity contribution is 14.1. The third kappa shape index (κ3) is 3.00. The summed E-state index contributed by atoms with van der Waals surface area (Å²) in [5, 5.41) is 9.18. The fraction of sp³-hybridized carbons (Fsp3) is 0.158. The normalized spacial score (nSPS) is 14.4. The number of nitrogens with zero attached hydrogens (tertiary/aromatic N) is 2. The van der Waals surface area contributed by atoms with Crippen LogP contribution in [0.2, 0.25) is 0 Å². The molecule has 1 heterocycles. The molecule has 5 heteroatoms. The number of aryl methyl sites for hydroxylation is 1. The summed E-state index contributed by atoms with van der Waals surface area (Å²) in [5.41, 5.74) is 4.20. The van der Waals surface area contributed by atoms with Crippen LogP contribution in [0.4, 0.5) is 0 Å². The number of hydrogen-bond donors (Lipinski definition) is 0. The molecule has 24 heavy (non-hydrogen) atoms. The van der Waals surface area contributed by atoms with Crippen LogP contribution in [-0.2, 0) is 6.42 Å². The number of halogens is 2. The first-order valence-electron chi connectivity index (χ1n) is 7.79. The number of aromatic nitrogens is 2. The molecule has 0 radical (unpaired) electrons. The number of fused-ring (bicyclic) bond motifs is 1. The lowest BCUT2D eigenvalue weighted by atomic mass is 10.0. The fourth-order valence-electron chi connectivity index (χ4n) is 2.96. The van der Waals surface area contributed by atoms with Gasteiger partial charge in [-0.25, -0.2) is 0 Å². The van der Waals surface area contributed by atoms with Crippen LogP contribution in [0.3, 0.4) is 0 Å². The van der Waals surface area contributed by atoms with E-state index in [2.05, 4.69) is 51.0 Å². The van der Waals surface area contributed by atoms with Gasteiger partial charge < -0.3 is 4.42 Å². The van der Waals surface area contributed by atoms with E-state index in [4.69, 9.17) is 16.0 Å². The minimum Gasteiger partial charge on any atom is -0.416 e. The minimum atomic E-state index is 0.519. The molecule has 3 nitrogen and oxygen atoms in total. The molecule has 0 N–H and O–H groups in total. The van der Waals surface area contributed by atoms with Crippen LogP contribution in [0, 0.1) is 3.57 Å². The molecule has 0 fully saturated rings. The molecular weight excluding hydrogens is 435 g/mol. The van der Waals surface area contributed by atoms with Gasteiger partial charge in [0.05, 0.1) is 5.03 Å². The van der Waals surface area contributed by atoms with Gasteiger partial charge in [0, 0.05) is 14.7 Å². The first-order valence-corrected chi connectivity index (χ1v) is 9.25. The van der Waals surface area contributed by atoms with E-state index in [0.717, 1.165) is 44.6 Å². The SMILES string of the molecule is ClC1=C(c2nnc(-c3cccc(I)c3)o2)CCCc2ccccc21. The van der Waals surface area contributed by atoms with Gasteiger partial charge in [0.1, 0.15) is 0 Å². The van der Waals surface area contributed by atoms with Crippen LogP contribution in [0.25, 0.3) is 22.1 Å². The maximum absolute atomic E-state index is 6.68. The molecule has 0 spiro atoms. The summed E-state index contributed by atoms with van der Waals surface area (Å²) in [6.07, 6.45) is 2.86. The predicted molar refractivity (Wildman–Crippen MR) is 104 cm³/mol. The molecule has 120 valence electrons. The Hall–Kier alpha value is -1.66. The molecule has 1 aromatic heterocycles. The Bertz CT molecular complexity index is 932. The molecule has 0 saturated carbocycles. The van der Waals surface area contributed by atoms with Gasteiger partial charge in [-0.1, -0.05) is 41.9 Å². The van der Waals surface area contributed by atoms with Crippen LogP contribution in [0.5, 0.6) is 0 Å². The van der Waals surface area contributed by atoms with Gasteiger partial charge in [0.2, 0.25) is 11.8 Å². The monoisotopic (exact) mass is 448 g/mol. The summed E-state index contributed by atoms with van der Waals surface area (Å²) < 4.78 is 7.07. The van der Waals surface area contributed by atoms with E-state index in [1.165, 1.54) is 5.56 Å². The van der Waals surface area contributed by atoms with Crippen molar-refractivity contribution in [2.45, 2.75) is 19.3 Å². The Labute approximate surface area is 158 Å². The number of benzene rings is 2. The summed E-state index contributed by atoms with van der Waals surface area (Å²) in [6.45, 7) is 0. The second kappa shape index (κ2) is 6.69. The molecule has 2 aromatic carbocycles. The Balaban J connectivity index is 1.77. The molecule has 0 unspecified atom stereocenters. The Morgan fingerprint density at radius 3 is 2.67 bits per heavy atom. The quantitative estimate of drug-likeness (QED) is 0.466. The second-order valence-electron chi connectivity index (χ2n) is 5.73. The number of allylic oxidation sites excluding steroid dienone is 1. The molecule has 4 rings (SSSR count). The van der Waals surface area contributed by atoms with Crippen LogP contribution >= 0.6 is 34.2 Å². The van der Waals surface area contributed by atoms with Crippen molar-refractivity contribution >= 4 is 44.8 Å². The van der Waals surface area contributed by atoms with Crippen molar-refractivity contribution in [1.29, 1.82) is 0 Å². The van der Waals surface area contributed by atoms with Crippen molar-refractivity contribution in [1.82, 2.24) is 10.2 Å². The zero-order valence-electron chi connectivity index (χ0n) is 12.8. The molecular formula is C19H14ClIN2O. The maximum atomic E-state index is 6.68. The average Bonchev–Trinajstić information content (AvgIpc) is 3.02. The topological polar surface area (TPSA) is 38.9 Å². The molecule has 1 aliphatic carbocycles. The highest BCUT2D eigenvalue weighted by atomic mass is 127. The fourth-order valence-corrected chi connectivity index (χ4v) is 3.87. The first kappa shape index (κ1) is 15.8. The van der Waals surface area contributed by atoms with Gasteiger partial charge in [-0.2, -0.15) is 0 Å². The van der Waals surface area contributed by atoms with Crippen molar-refractivity contribution in [3.63, 3.8) is 0 Å².